The number of hydrogen-bond donors (Lipinski definition) is 0. The van der Waals surface area contributed by atoms with Crippen molar-refractivity contribution < 1.29 is 21.1 Å². The number of hydrogen-bond acceptors (Lipinski definition) is 4. The number of aryl methyl sites for hydroxylation is 4. The minimum Gasteiger partial charge on any atom is -0.296 e. The standard InChI is InChI=1S/C40H34N4.Pt/c1-25-35(29-17-9-7-10-18-29)43-37(27(3)41-25)40(38-28(4)42-26(2)36(44-38)30-19-11-8-12-20-30)33-23-15-13-21-31(33)39(5,6)32-22-14-16-24-34(32)40;/h7-17,19,21-24H,1-6H3;/q-2;+2. The van der Waals surface area contributed by atoms with Gasteiger partial charge in [-0.05, 0) is 49.9 Å². The molecular weight excluding hydrogens is 732 g/mol. The molecule has 0 aliphatic heterocycles. The van der Waals surface area contributed by atoms with Gasteiger partial charge in [-0.25, -0.2) is 0 Å². The van der Waals surface area contributed by atoms with Gasteiger partial charge in [0.1, 0.15) is 5.41 Å². The average Bonchev–Trinajstić information content (AvgIpc) is 3.04. The number of rotatable bonds is 4. The van der Waals surface area contributed by atoms with E-state index in [1.165, 1.54) is 11.1 Å². The maximum atomic E-state index is 5.56. The third-order valence-corrected chi connectivity index (χ3v) is 9.14. The van der Waals surface area contributed by atoms with Crippen LogP contribution in [0.5, 0.6) is 0 Å². The minimum atomic E-state index is -0.884. The van der Waals surface area contributed by atoms with Crippen LogP contribution < -0.4 is 0 Å². The molecule has 0 spiro atoms. The van der Waals surface area contributed by atoms with Crippen LogP contribution in [0.4, 0.5) is 0 Å². The molecule has 1 aliphatic rings. The van der Waals surface area contributed by atoms with Gasteiger partial charge in [0, 0.05) is 28.2 Å². The Labute approximate surface area is 280 Å². The van der Waals surface area contributed by atoms with E-state index in [1.54, 1.807) is 0 Å². The van der Waals surface area contributed by atoms with Crippen LogP contribution in [0.3, 0.4) is 0 Å². The van der Waals surface area contributed by atoms with E-state index in [4.69, 9.17) is 19.9 Å². The first-order chi connectivity index (χ1) is 21.2. The molecule has 1 aliphatic carbocycles. The molecule has 7 rings (SSSR count). The largest absolute Gasteiger partial charge is 2.00 e. The summed E-state index contributed by atoms with van der Waals surface area (Å²) in [5.41, 5.74) is 12.3. The number of aromatic nitrogens is 4. The van der Waals surface area contributed by atoms with E-state index < -0.39 is 5.41 Å². The summed E-state index contributed by atoms with van der Waals surface area (Å²) in [6, 6.07) is 40.3. The molecule has 0 amide bonds. The molecule has 0 saturated heterocycles. The summed E-state index contributed by atoms with van der Waals surface area (Å²) in [4.78, 5) is 21.5. The second-order valence-electron chi connectivity index (χ2n) is 12.2. The maximum Gasteiger partial charge on any atom is 2.00 e. The monoisotopic (exact) mass is 765 g/mol. The van der Waals surface area contributed by atoms with Gasteiger partial charge in [0.25, 0.3) is 0 Å². The third-order valence-electron chi connectivity index (χ3n) is 9.14. The molecule has 0 unspecified atom stereocenters. The molecule has 0 saturated carbocycles. The van der Waals surface area contributed by atoms with Crippen molar-refractivity contribution in [3.63, 3.8) is 0 Å². The van der Waals surface area contributed by atoms with Gasteiger partial charge in [0.2, 0.25) is 0 Å². The van der Waals surface area contributed by atoms with Crippen LogP contribution in [-0.2, 0) is 31.9 Å². The van der Waals surface area contributed by atoms with Gasteiger partial charge in [-0.3, -0.25) is 19.9 Å². The fourth-order valence-corrected chi connectivity index (χ4v) is 7.19. The zero-order valence-electron chi connectivity index (χ0n) is 26.3. The molecule has 5 heteroatoms. The van der Waals surface area contributed by atoms with Crippen molar-refractivity contribution >= 4 is 0 Å². The van der Waals surface area contributed by atoms with Crippen molar-refractivity contribution in [2.45, 2.75) is 52.4 Å². The molecule has 0 atom stereocenters. The zero-order valence-corrected chi connectivity index (χ0v) is 28.6. The van der Waals surface area contributed by atoms with Gasteiger partial charge >= 0.3 is 21.1 Å². The van der Waals surface area contributed by atoms with Crippen molar-refractivity contribution in [3.05, 3.63) is 166 Å². The summed E-state index contributed by atoms with van der Waals surface area (Å²) in [7, 11) is 0. The fourth-order valence-electron chi connectivity index (χ4n) is 7.19. The third kappa shape index (κ3) is 4.70. The Morgan fingerprint density at radius 2 is 0.844 bits per heavy atom. The van der Waals surface area contributed by atoms with E-state index in [2.05, 4.69) is 100 Å². The molecule has 0 fully saturated rings. The number of nitrogens with zero attached hydrogens (tertiary/aromatic N) is 4. The molecular formula is C40H34N4Pt. The van der Waals surface area contributed by atoms with Crippen LogP contribution in [0.15, 0.2) is 97.1 Å². The van der Waals surface area contributed by atoms with Crippen molar-refractivity contribution in [1.82, 2.24) is 19.9 Å². The summed E-state index contributed by atoms with van der Waals surface area (Å²) in [6.07, 6.45) is 0. The molecule has 4 nitrogen and oxygen atoms in total. The number of fused-ring (bicyclic) bond motifs is 2. The Bertz CT molecular complexity index is 1890. The summed E-state index contributed by atoms with van der Waals surface area (Å²) >= 11 is 0. The molecule has 2 heterocycles. The Morgan fingerprint density at radius 1 is 0.467 bits per heavy atom. The Balaban J connectivity index is 0.00000357. The Morgan fingerprint density at radius 3 is 1.22 bits per heavy atom. The quantitative estimate of drug-likeness (QED) is 0.169. The Kier molecular flexibility index (Phi) is 7.91. The molecule has 2 aromatic heterocycles. The van der Waals surface area contributed by atoms with Gasteiger partial charge in [-0.1, -0.05) is 62.4 Å². The van der Waals surface area contributed by atoms with E-state index in [0.717, 1.165) is 67.8 Å². The normalized spacial score (nSPS) is 14.2. The van der Waals surface area contributed by atoms with E-state index in [1.807, 2.05) is 50.2 Å². The molecule has 45 heavy (non-hydrogen) atoms. The molecule has 0 bridgehead atoms. The second-order valence-corrected chi connectivity index (χ2v) is 12.2. The minimum absolute atomic E-state index is 0. The van der Waals surface area contributed by atoms with E-state index in [-0.39, 0.29) is 26.5 Å². The summed E-state index contributed by atoms with van der Waals surface area (Å²) < 4.78 is 0. The summed E-state index contributed by atoms with van der Waals surface area (Å²) in [5.74, 6) is 0. The first-order valence-electron chi connectivity index (χ1n) is 15.1. The van der Waals surface area contributed by atoms with Crippen LogP contribution in [0, 0.1) is 39.8 Å². The first-order valence-corrected chi connectivity index (χ1v) is 15.1. The summed E-state index contributed by atoms with van der Waals surface area (Å²) in [5, 5.41) is 0. The van der Waals surface area contributed by atoms with Crippen molar-refractivity contribution in [1.29, 1.82) is 0 Å². The van der Waals surface area contributed by atoms with Crippen molar-refractivity contribution in [2.24, 2.45) is 0 Å². The van der Waals surface area contributed by atoms with Gasteiger partial charge < -0.3 is 0 Å². The van der Waals surface area contributed by atoms with Crippen LogP contribution in [-0.4, -0.2) is 19.9 Å². The van der Waals surface area contributed by atoms with Crippen LogP contribution in [0.25, 0.3) is 22.5 Å². The van der Waals surface area contributed by atoms with E-state index in [9.17, 15) is 0 Å². The first kappa shape index (κ1) is 30.7. The fraction of sp³-hybridized carbons (Fsp3) is 0.200. The van der Waals surface area contributed by atoms with Crippen LogP contribution >= 0.6 is 0 Å². The molecule has 0 N–H and O–H groups in total. The van der Waals surface area contributed by atoms with Gasteiger partial charge in [-0.15, -0.1) is 71.8 Å². The van der Waals surface area contributed by atoms with Crippen molar-refractivity contribution in [3.8, 4) is 22.5 Å². The van der Waals surface area contributed by atoms with Gasteiger partial charge in [0.15, 0.2) is 0 Å². The molecule has 0 radical (unpaired) electrons. The molecule has 4 aromatic carbocycles. The van der Waals surface area contributed by atoms with Gasteiger partial charge in [0.05, 0.1) is 22.8 Å². The Hall–Kier alpha value is -4.27. The molecule has 224 valence electrons. The predicted octanol–water partition coefficient (Wildman–Crippen LogP) is 8.45. The van der Waals surface area contributed by atoms with E-state index in [0.29, 0.717) is 0 Å². The van der Waals surface area contributed by atoms with Gasteiger partial charge in [-0.2, -0.15) is 0 Å². The van der Waals surface area contributed by atoms with Crippen molar-refractivity contribution in [2.75, 3.05) is 0 Å². The zero-order chi connectivity index (χ0) is 30.6. The predicted molar refractivity (Wildman–Crippen MR) is 176 cm³/mol. The average molecular weight is 766 g/mol. The second kappa shape index (κ2) is 11.6. The maximum absolute atomic E-state index is 5.56. The van der Waals surface area contributed by atoms with Crippen LogP contribution in [0.1, 0.15) is 70.3 Å². The van der Waals surface area contributed by atoms with Crippen LogP contribution in [0.2, 0.25) is 0 Å². The summed E-state index contributed by atoms with van der Waals surface area (Å²) in [6.45, 7) is 12.8. The van der Waals surface area contributed by atoms with E-state index >= 15 is 0 Å². The number of benzene rings is 4. The topological polar surface area (TPSA) is 51.6 Å². The molecule has 6 aromatic rings. The SMILES string of the molecule is Cc1nc(C)c(C2(c3nc(-c4[c-]cccc4)c(C)nc3C)c3ccccc3C(C)(C)c3ccccc32)nc1-c1[c-]cccc1.[Pt+2]. The smallest absolute Gasteiger partial charge is 0.296 e.